The summed E-state index contributed by atoms with van der Waals surface area (Å²) in [4.78, 5) is 23.0. The number of carboxylic acid groups (broad SMARTS) is 1. The summed E-state index contributed by atoms with van der Waals surface area (Å²) >= 11 is 0. The molecule has 18 heavy (non-hydrogen) atoms. The summed E-state index contributed by atoms with van der Waals surface area (Å²) < 4.78 is 0. The summed E-state index contributed by atoms with van der Waals surface area (Å²) in [6.45, 7) is 0. The summed E-state index contributed by atoms with van der Waals surface area (Å²) in [5.74, 6) is -2.18. The maximum Gasteiger partial charge on any atom is 0.339 e. The van der Waals surface area contributed by atoms with Crippen LogP contribution in [0.2, 0.25) is 0 Å². The zero-order valence-electron chi connectivity index (χ0n) is 9.33. The van der Waals surface area contributed by atoms with Crippen molar-refractivity contribution in [2.45, 2.75) is 0 Å². The molecule has 0 aliphatic rings. The van der Waals surface area contributed by atoms with E-state index in [1.54, 1.807) is 30.3 Å². The van der Waals surface area contributed by atoms with Crippen LogP contribution in [0.15, 0.2) is 48.5 Å². The highest BCUT2D eigenvalue weighted by Crippen LogP contribution is 2.24. The molecular weight excluding hydrogens is 232 g/mol. The second-order valence-electron chi connectivity index (χ2n) is 3.70. The standard InChI is InChI=1S/C14H10O4/c15-12(9-5-2-1-3-6-9)10-7-4-8-11(13(10)16)14(17)18/h1-8,16H,(H,17,18). The molecule has 2 rings (SSSR count). The first-order chi connectivity index (χ1) is 8.61. The number of benzene rings is 2. The van der Waals surface area contributed by atoms with Gasteiger partial charge in [0.1, 0.15) is 11.3 Å². The highest BCUT2D eigenvalue weighted by atomic mass is 16.4. The fourth-order valence-corrected chi connectivity index (χ4v) is 1.64. The van der Waals surface area contributed by atoms with Gasteiger partial charge in [0.15, 0.2) is 5.78 Å². The molecule has 90 valence electrons. The quantitative estimate of drug-likeness (QED) is 0.810. The van der Waals surface area contributed by atoms with Crippen LogP contribution in [0.25, 0.3) is 0 Å². The van der Waals surface area contributed by atoms with Gasteiger partial charge in [-0.1, -0.05) is 36.4 Å². The number of rotatable bonds is 3. The second kappa shape index (κ2) is 4.71. The smallest absolute Gasteiger partial charge is 0.339 e. The summed E-state index contributed by atoms with van der Waals surface area (Å²) in [6.07, 6.45) is 0. The van der Waals surface area contributed by atoms with E-state index in [0.717, 1.165) is 0 Å². The molecule has 0 aliphatic carbocycles. The Kier molecular flexibility index (Phi) is 3.10. The first kappa shape index (κ1) is 11.9. The van der Waals surface area contributed by atoms with Gasteiger partial charge in [-0.3, -0.25) is 4.79 Å². The Morgan fingerprint density at radius 1 is 0.833 bits per heavy atom. The fourth-order valence-electron chi connectivity index (χ4n) is 1.64. The highest BCUT2D eigenvalue weighted by Gasteiger charge is 2.18. The predicted octanol–water partition coefficient (Wildman–Crippen LogP) is 2.32. The van der Waals surface area contributed by atoms with Crippen molar-refractivity contribution in [3.05, 3.63) is 65.2 Å². The molecular formula is C14H10O4. The molecule has 0 fully saturated rings. The second-order valence-corrected chi connectivity index (χ2v) is 3.70. The minimum atomic E-state index is -1.27. The van der Waals surface area contributed by atoms with Gasteiger partial charge >= 0.3 is 5.97 Å². The Hall–Kier alpha value is -2.62. The number of aromatic hydroxyl groups is 1. The molecule has 0 radical (unpaired) electrons. The first-order valence-electron chi connectivity index (χ1n) is 5.26. The fraction of sp³-hybridized carbons (Fsp3) is 0. The summed E-state index contributed by atoms with van der Waals surface area (Å²) in [5.41, 5.74) is 0.105. The number of carboxylic acids is 1. The van der Waals surface area contributed by atoms with Crippen molar-refractivity contribution in [1.82, 2.24) is 0 Å². The predicted molar refractivity (Wildman–Crippen MR) is 64.9 cm³/mol. The molecule has 2 aromatic carbocycles. The molecule has 2 N–H and O–H groups in total. The van der Waals surface area contributed by atoms with E-state index < -0.39 is 17.5 Å². The Morgan fingerprint density at radius 2 is 1.44 bits per heavy atom. The number of para-hydroxylation sites is 1. The van der Waals surface area contributed by atoms with E-state index in [9.17, 15) is 14.7 Å². The van der Waals surface area contributed by atoms with Gasteiger partial charge in [-0.05, 0) is 12.1 Å². The Labute approximate surface area is 103 Å². The third-order valence-electron chi connectivity index (χ3n) is 2.55. The average Bonchev–Trinajstić information content (AvgIpc) is 2.39. The molecule has 0 atom stereocenters. The van der Waals surface area contributed by atoms with Crippen LogP contribution >= 0.6 is 0 Å². The van der Waals surface area contributed by atoms with Gasteiger partial charge < -0.3 is 10.2 Å². The van der Waals surface area contributed by atoms with Crippen LogP contribution in [0.3, 0.4) is 0 Å². The lowest BCUT2D eigenvalue weighted by Crippen LogP contribution is -2.05. The highest BCUT2D eigenvalue weighted by molar-refractivity contribution is 6.12. The molecule has 0 saturated heterocycles. The molecule has 0 aliphatic heterocycles. The van der Waals surface area contributed by atoms with Crippen LogP contribution in [0.5, 0.6) is 5.75 Å². The Morgan fingerprint density at radius 3 is 2.06 bits per heavy atom. The third kappa shape index (κ3) is 2.08. The summed E-state index contributed by atoms with van der Waals surface area (Å²) in [5, 5.41) is 18.7. The topological polar surface area (TPSA) is 74.6 Å². The lowest BCUT2D eigenvalue weighted by molar-refractivity contribution is 0.0693. The minimum absolute atomic E-state index is 0.0129. The number of ketones is 1. The van der Waals surface area contributed by atoms with Gasteiger partial charge in [-0.25, -0.2) is 4.79 Å². The molecule has 2 aromatic rings. The molecule has 4 nitrogen and oxygen atoms in total. The van der Waals surface area contributed by atoms with Crippen LogP contribution < -0.4 is 0 Å². The maximum atomic E-state index is 12.1. The van der Waals surface area contributed by atoms with E-state index in [1.807, 2.05) is 0 Å². The van der Waals surface area contributed by atoms with Crippen molar-refractivity contribution in [3.8, 4) is 5.75 Å². The zero-order valence-corrected chi connectivity index (χ0v) is 9.33. The summed E-state index contributed by atoms with van der Waals surface area (Å²) in [7, 11) is 0. The maximum absolute atomic E-state index is 12.1. The zero-order chi connectivity index (χ0) is 13.1. The molecule has 0 amide bonds. The SMILES string of the molecule is O=C(O)c1cccc(C(=O)c2ccccc2)c1O. The van der Waals surface area contributed by atoms with Crippen LogP contribution in [-0.4, -0.2) is 22.0 Å². The van der Waals surface area contributed by atoms with E-state index >= 15 is 0 Å². The minimum Gasteiger partial charge on any atom is -0.506 e. The number of aromatic carboxylic acids is 1. The normalized spacial score (nSPS) is 10.0. The first-order valence-corrected chi connectivity index (χ1v) is 5.26. The number of hydrogen-bond donors (Lipinski definition) is 2. The largest absolute Gasteiger partial charge is 0.506 e. The lowest BCUT2D eigenvalue weighted by Gasteiger charge is -2.06. The van der Waals surface area contributed by atoms with Gasteiger partial charge in [-0.15, -0.1) is 0 Å². The van der Waals surface area contributed by atoms with Crippen molar-refractivity contribution in [2.24, 2.45) is 0 Å². The van der Waals surface area contributed by atoms with E-state index in [-0.39, 0.29) is 11.1 Å². The van der Waals surface area contributed by atoms with E-state index in [0.29, 0.717) is 5.56 Å². The third-order valence-corrected chi connectivity index (χ3v) is 2.55. The van der Waals surface area contributed by atoms with Crippen molar-refractivity contribution < 1.29 is 19.8 Å². The lowest BCUT2D eigenvalue weighted by atomic mass is 10.00. The van der Waals surface area contributed by atoms with Crippen LogP contribution in [0.1, 0.15) is 26.3 Å². The van der Waals surface area contributed by atoms with Gasteiger partial charge in [0, 0.05) is 5.56 Å². The number of carbonyl (C=O) groups excluding carboxylic acids is 1. The molecule has 0 saturated carbocycles. The monoisotopic (exact) mass is 242 g/mol. The molecule has 0 spiro atoms. The van der Waals surface area contributed by atoms with Gasteiger partial charge in [0.2, 0.25) is 0 Å². The van der Waals surface area contributed by atoms with Gasteiger partial charge in [-0.2, -0.15) is 0 Å². The Bertz CT molecular complexity index is 602. The van der Waals surface area contributed by atoms with E-state index in [1.165, 1.54) is 18.2 Å². The average molecular weight is 242 g/mol. The van der Waals surface area contributed by atoms with Gasteiger partial charge in [0.05, 0.1) is 5.56 Å². The molecule has 4 heteroatoms. The van der Waals surface area contributed by atoms with Crippen LogP contribution in [-0.2, 0) is 0 Å². The summed E-state index contributed by atoms with van der Waals surface area (Å²) in [6, 6.07) is 12.5. The molecule has 0 aromatic heterocycles. The number of carbonyl (C=O) groups is 2. The number of hydrogen-bond acceptors (Lipinski definition) is 3. The molecule has 0 unspecified atom stereocenters. The van der Waals surface area contributed by atoms with Crippen LogP contribution in [0.4, 0.5) is 0 Å². The Balaban J connectivity index is 2.50. The van der Waals surface area contributed by atoms with Crippen molar-refractivity contribution in [1.29, 1.82) is 0 Å². The number of phenols is 1. The van der Waals surface area contributed by atoms with Gasteiger partial charge in [0.25, 0.3) is 0 Å². The van der Waals surface area contributed by atoms with Crippen molar-refractivity contribution in [3.63, 3.8) is 0 Å². The van der Waals surface area contributed by atoms with E-state index in [4.69, 9.17) is 5.11 Å². The molecule has 0 heterocycles. The van der Waals surface area contributed by atoms with Crippen molar-refractivity contribution >= 4 is 11.8 Å². The van der Waals surface area contributed by atoms with E-state index in [2.05, 4.69) is 0 Å². The molecule has 0 bridgehead atoms. The van der Waals surface area contributed by atoms with Crippen LogP contribution in [0, 0.1) is 0 Å². The van der Waals surface area contributed by atoms with Crippen molar-refractivity contribution in [2.75, 3.05) is 0 Å².